The molecule has 0 radical (unpaired) electrons. The van der Waals surface area contributed by atoms with Gasteiger partial charge in [0, 0.05) is 19.1 Å². The summed E-state index contributed by atoms with van der Waals surface area (Å²) in [5, 5.41) is 0.236. The number of aromatic amines is 1. The number of carbonyl (C=O) groups excluding carboxylic acids is 1. The second-order valence-electron chi connectivity index (χ2n) is 5.56. The van der Waals surface area contributed by atoms with Crippen molar-refractivity contribution in [3.63, 3.8) is 0 Å². The fourth-order valence-corrected chi connectivity index (χ4v) is 3.21. The lowest BCUT2D eigenvalue weighted by molar-refractivity contribution is 0.0773. The van der Waals surface area contributed by atoms with Gasteiger partial charge in [-0.1, -0.05) is 0 Å². The van der Waals surface area contributed by atoms with Gasteiger partial charge in [-0.25, -0.2) is 4.98 Å². The van der Waals surface area contributed by atoms with Crippen LogP contribution in [0.4, 0.5) is 0 Å². The van der Waals surface area contributed by atoms with Gasteiger partial charge in [-0.15, -0.1) is 0 Å². The van der Waals surface area contributed by atoms with Crippen molar-refractivity contribution in [2.75, 3.05) is 13.1 Å². The number of nitrogens with two attached hydrogens (primary N) is 1. The van der Waals surface area contributed by atoms with Gasteiger partial charge in [0.25, 0.3) is 11.5 Å². The first-order chi connectivity index (χ1) is 9.58. The van der Waals surface area contributed by atoms with Crippen LogP contribution in [0.25, 0.3) is 11.1 Å². The van der Waals surface area contributed by atoms with Crippen LogP contribution in [0.3, 0.4) is 0 Å². The van der Waals surface area contributed by atoms with Crippen molar-refractivity contribution in [2.24, 2.45) is 17.6 Å². The van der Waals surface area contributed by atoms with Gasteiger partial charge in [0.05, 0.1) is 11.9 Å². The Morgan fingerprint density at radius 3 is 2.90 bits per heavy atom. The number of nitrogens with one attached hydrogen (secondary N) is 1. The van der Waals surface area contributed by atoms with Gasteiger partial charge in [-0.05, 0) is 18.8 Å². The van der Waals surface area contributed by atoms with E-state index in [1.807, 2.05) is 0 Å². The highest BCUT2D eigenvalue weighted by Gasteiger charge is 2.55. The molecule has 3 atom stereocenters. The molecule has 2 fully saturated rings. The first-order valence-corrected chi connectivity index (χ1v) is 6.59. The molecule has 0 spiro atoms. The van der Waals surface area contributed by atoms with Gasteiger partial charge in [-0.3, -0.25) is 9.59 Å². The molecule has 20 heavy (non-hydrogen) atoms. The van der Waals surface area contributed by atoms with E-state index in [0.29, 0.717) is 36.2 Å². The maximum absolute atomic E-state index is 12.6. The molecule has 2 aliphatic rings. The van der Waals surface area contributed by atoms with Gasteiger partial charge < -0.3 is 20.0 Å². The van der Waals surface area contributed by atoms with E-state index in [9.17, 15) is 9.59 Å². The Morgan fingerprint density at radius 1 is 1.50 bits per heavy atom. The number of hydrogen-bond donors (Lipinski definition) is 2. The molecular weight excluding hydrogens is 260 g/mol. The van der Waals surface area contributed by atoms with Crippen molar-refractivity contribution >= 4 is 17.0 Å². The second-order valence-corrected chi connectivity index (χ2v) is 5.56. The van der Waals surface area contributed by atoms with E-state index in [0.717, 1.165) is 0 Å². The Morgan fingerprint density at radius 2 is 2.20 bits per heavy atom. The quantitative estimate of drug-likeness (QED) is 0.752. The predicted octanol–water partition coefficient (Wildman–Crippen LogP) is -0.146. The number of rotatable bonds is 1. The second kappa shape index (κ2) is 3.69. The molecule has 0 bridgehead atoms. The smallest absolute Gasteiger partial charge is 0.262 e. The van der Waals surface area contributed by atoms with Crippen LogP contribution in [0.1, 0.15) is 16.1 Å². The monoisotopic (exact) mass is 274 g/mol. The highest BCUT2D eigenvalue weighted by Crippen LogP contribution is 2.44. The van der Waals surface area contributed by atoms with Gasteiger partial charge in [0.1, 0.15) is 11.1 Å². The van der Waals surface area contributed by atoms with Crippen LogP contribution in [-0.4, -0.2) is 39.9 Å². The molecule has 1 aliphatic carbocycles. The number of amides is 1. The number of hydrogen-bond acceptors (Lipinski definition) is 5. The third kappa shape index (κ3) is 1.41. The number of nitrogens with zero attached hydrogens (tertiary/aromatic N) is 2. The average Bonchev–Trinajstić information content (AvgIpc) is 2.83. The fraction of sp³-hybridized carbons (Fsp3) is 0.462. The summed E-state index contributed by atoms with van der Waals surface area (Å²) in [7, 11) is 0. The van der Waals surface area contributed by atoms with E-state index in [-0.39, 0.29) is 28.6 Å². The number of likely N-dealkylation sites (tertiary alicyclic amines) is 1. The Balaban J connectivity index is 1.77. The first kappa shape index (κ1) is 11.7. The number of aryl methyl sites for hydroxylation is 1. The highest BCUT2D eigenvalue weighted by atomic mass is 16.3. The molecule has 1 saturated carbocycles. The van der Waals surface area contributed by atoms with Crippen LogP contribution in [0.15, 0.2) is 15.5 Å². The number of furan rings is 1. The van der Waals surface area contributed by atoms with E-state index in [4.69, 9.17) is 10.2 Å². The lowest BCUT2D eigenvalue weighted by Gasteiger charge is -2.18. The number of fused-ring (bicyclic) bond motifs is 2. The zero-order valence-electron chi connectivity index (χ0n) is 10.9. The minimum Gasteiger partial charge on any atom is -0.442 e. The van der Waals surface area contributed by atoms with E-state index in [2.05, 4.69) is 9.97 Å². The Bertz CT molecular complexity index is 766. The zero-order chi connectivity index (χ0) is 14.0. The summed E-state index contributed by atoms with van der Waals surface area (Å²) in [6, 6.07) is 0.228. The molecule has 2 aromatic heterocycles. The largest absolute Gasteiger partial charge is 0.442 e. The molecule has 1 saturated heterocycles. The predicted molar refractivity (Wildman–Crippen MR) is 70.2 cm³/mol. The summed E-state index contributed by atoms with van der Waals surface area (Å²) in [6.07, 6.45) is 1.27. The number of aromatic nitrogens is 2. The standard InChI is InChI=1S/C13H14N4O3/c1-5-8(9-11(18)15-4-16-12(9)20-5)13(19)17-2-6-7(3-17)10(6)14/h4,6-7,10H,2-3,14H2,1H3,(H,15,16,18)/t6-,7+,10?. The lowest BCUT2D eigenvalue weighted by atomic mass is 10.1. The molecule has 1 amide bonds. The van der Waals surface area contributed by atoms with Gasteiger partial charge in [0.2, 0.25) is 5.71 Å². The van der Waals surface area contributed by atoms with Crippen molar-refractivity contribution in [3.8, 4) is 0 Å². The molecule has 3 heterocycles. The van der Waals surface area contributed by atoms with Crippen molar-refractivity contribution in [1.82, 2.24) is 14.9 Å². The first-order valence-electron chi connectivity index (χ1n) is 6.59. The third-order valence-corrected chi connectivity index (χ3v) is 4.43. The summed E-state index contributed by atoms with van der Waals surface area (Å²) in [4.78, 5) is 32.7. The summed E-state index contributed by atoms with van der Waals surface area (Å²) >= 11 is 0. The SMILES string of the molecule is Cc1oc2nc[nH]c(=O)c2c1C(=O)N1C[C@@H]2C(N)[C@@H]2C1. The average molecular weight is 274 g/mol. The van der Waals surface area contributed by atoms with Crippen LogP contribution in [0, 0.1) is 18.8 Å². The summed E-state index contributed by atoms with van der Waals surface area (Å²) < 4.78 is 5.42. The van der Waals surface area contributed by atoms with E-state index >= 15 is 0 Å². The van der Waals surface area contributed by atoms with E-state index < -0.39 is 0 Å². The van der Waals surface area contributed by atoms with Gasteiger partial charge in [0.15, 0.2) is 0 Å². The minimum absolute atomic E-state index is 0.167. The Kier molecular flexibility index (Phi) is 2.15. The van der Waals surface area contributed by atoms with Crippen molar-refractivity contribution in [2.45, 2.75) is 13.0 Å². The van der Waals surface area contributed by atoms with Gasteiger partial charge in [-0.2, -0.15) is 0 Å². The fourth-order valence-electron chi connectivity index (χ4n) is 3.21. The molecule has 7 heteroatoms. The summed E-state index contributed by atoms with van der Waals surface area (Å²) in [6.45, 7) is 3.00. The number of carbonyl (C=O) groups is 1. The van der Waals surface area contributed by atoms with Crippen molar-refractivity contribution in [1.29, 1.82) is 0 Å². The van der Waals surface area contributed by atoms with Crippen LogP contribution in [0.2, 0.25) is 0 Å². The molecule has 1 unspecified atom stereocenters. The zero-order valence-corrected chi connectivity index (χ0v) is 10.9. The summed E-state index contributed by atoms with van der Waals surface area (Å²) in [5.74, 6) is 1.08. The normalized spacial score (nSPS) is 27.9. The molecule has 0 aromatic carbocycles. The molecule has 2 aromatic rings. The molecule has 7 nitrogen and oxygen atoms in total. The van der Waals surface area contributed by atoms with Gasteiger partial charge >= 0.3 is 0 Å². The van der Waals surface area contributed by atoms with Crippen molar-refractivity contribution in [3.05, 3.63) is 28.0 Å². The lowest BCUT2D eigenvalue weighted by Crippen LogP contribution is -2.34. The van der Waals surface area contributed by atoms with Crippen LogP contribution in [-0.2, 0) is 0 Å². The van der Waals surface area contributed by atoms with E-state index in [1.165, 1.54) is 6.33 Å². The van der Waals surface area contributed by atoms with Crippen LogP contribution >= 0.6 is 0 Å². The Labute approximate surface area is 113 Å². The Hall–Kier alpha value is -2.15. The molecule has 104 valence electrons. The number of piperidine rings is 1. The molecule has 4 rings (SSSR count). The topological polar surface area (TPSA) is 105 Å². The minimum atomic E-state index is -0.351. The van der Waals surface area contributed by atoms with Crippen LogP contribution in [0.5, 0.6) is 0 Å². The molecule has 3 N–H and O–H groups in total. The summed E-state index contributed by atoms with van der Waals surface area (Å²) in [5.41, 5.74) is 6.05. The highest BCUT2D eigenvalue weighted by molar-refractivity contribution is 6.06. The third-order valence-electron chi connectivity index (χ3n) is 4.43. The van der Waals surface area contributed by atoms with Crippen molar-refractivity contribution < 1.29 is 9.21 Å². The maximum Gasteiger partial charge on any atom is 0.262 e. The maximum atomic E-state index is 12.6. The molecule has 1 aliphatic heterocycles. The molecular formula is C13H14N4O3. The van der Waals surface area contributed by atoms with Crippen LogP contribution < -0.4 is 11.3 Å². The number of H-pyrrole nitrogens is 1. The van der Waals surface area contributed by atoms with E-state index in [1.54, 1.807) is 11.8 Å².